The molecule has 0 aliphatic carbocycles. The van der Waals surface area contributed by atoms with Crippen molar-refractivity contribution in [3.05, 3.63) is 54.3 Å². The first-order chi connectivity index (χ1) is 11.9. The molecule has 25 heavy (non-hydrogen) atoms. The van der Waals surface area contributed by atoms with Gasteiger partial charge in [-0.05, 0) is 24.3 Å². The average Bonchev–Trinajstić information content (AvgIpc) is 2.97. The van der Waals surface area contributed by atoms with Crippen LogP contribution in [0.4, 0.5) is 18.9 Å². The van der Waals surface area contributed by atoms with Crippen LogP contribution in [0.3, 0.4) is 0 Å². The minimum atomic E-state index is -4.81. The lowest BCUT2D eigenvalue weighted by molar-refractivity contribution is -0.274. The Balaban J connectivity index is 1.82. The maximum atomic E-state index is 12.3. The fraction of sp³-hybridized carbons (Fsp3) is 0.118. The minimum Gasteiger partial charge on any atom is -0.493 e. The topological polar surface area (TPSA) is 60.7 Å². The second kappa shape index (κ2) is 6.39. The predicted octanol–water partition coefficient (Wildman–Crippen LogP) is 4.59. The molecule has 0 unspecified atom stereocenters. The maximum absolute atomic E-state index is 12.3. The first-order valence-electron chi connectivity index (χ1n) is 7.09. The largest absolute Gasteiger partial charge is 0.573 e. The fourth-order valence-electron chi connectivity index (χ4n) is 2.27. The lowest BCUT2D eigenvalue weighted by atomic mass is 10.2. The van der Waals surface area contributed by atoms with Gasteiger partial charge in [0.15, 0.2) is 17.1 Å². The molecule has 1 heterocycles. The van der Waals surface area contributed by atoms with Crippen molar-refractivity contribution in [2.24, 2.45) is 0 Å². The first-order valence-corrected chi connectivity index (χ1v) is 7.09. The number of amides is 1. The number of alkyl halides is 3. The number of benzene rings is 2. The molecule has 5 nitrogen and oxygen atoms in total. The molecule has 3 aromatic rings. The van der Waals surface area contributed by atoms with Crippen LogP contribution in [0.1, 0.15) is 10.6 Å². The van der Waals surface area contributed by atoms with Crippen molar-refractivity contribution in [3.8, 4) is 11.5 Å². The number of hydrogen-bond acceptors (Lipinski definition) is 4. The van der Waals surface area contributed by atoms with Gasteiger partial charge in [0.25, 0.3) is 5.91 Å². The number of methoxy groups -OCH3 is 1. The molecule has 8 heteroatoms. The number of nitrogens with one attached hydrogen (secondary N) is 1. The summed E-state index contributed by atoms with van der Waals surface area (Å²) in [7, 11) is 1.48. The van der Waals surface area contributed by atoms with Crippen LogP contribution in [0.2, 0.25) is 0 Å². The zero-order chi connectivity index (χ0) is 18.0. The Morgan fingerprint density at radius 3 is 2.60 bits per heavy atom. The van der Waals surface area contributed by atoms with E-state index < -0.39 is 18.0 Å². The Morgan fingerprint density at radius 1 is 1.12 bits per heavy atom. The Labute approximate surface area is 139 Å². The van der Waals surface area contributed by atoms with Crippen LogP contribution in [0, 0.1) is 0 Å². The van der Waals surface area contributed by atoms with Gasteiger partial charge in [-0.2, -0.15) is 0 Å². The highest BCUT2D eigenvalue weighted by Gasteiger charge is 2.31. The molecule has 0 saturated heterocycles. The van der Waals surface area contributed by atoms with Crippen LogP contribution < -0.4 is 14.8 Å². The molecule has 0 radical (unpaired) electrons. The van der Waals surface area contributed by atoms with Gasteiger partial charge in [0.2, 0.25) is 0 Å². The number of hydrogen-bond donors (Lipinski definition) is 1. The molecular weight excluding hydrogens is 339 g/mol. The van der Waals surface area contributed by atoms with Gasteiger partial charge in [0.05, 0.1) is 7.11 Å². The van der Waals surface area contributed by atoms with Crippen LogP contribution in [0.5, 0.6) is 11.5 Å². The molecule has 0 aliphatic rings. The zero-order valence-electron chi connectivity index (χ0n) is 12.9. The summed E-state index contributed by atoms with van der Waals surface area (Å²) in [5.74, 6) is -0.572. The summed E-state index contributed by atoms with van der Waals surface area (Å²) in [5, 5.41) is 3.13. The number of furan rings is 1. The summed E-state index contributed by atoms with van der Waals surface area (Å²) < 4.78 is 51.2. The molecule has 2 aromatic carbocycles. The monoisotopic (exact) mass is 351 g/mol. The normalized spacial score (nSPS) is 11.4. The van der Waals surface area contributed by atoms with E-state index in [-0.39, 0.29) is 11.4 Å². The number of anilines is 1. The van der Waals surface area contributed by atoms with Gasteiger partial charge in [-0.3, -0.25) is 4.79 Å². The van der Waals surface area contributed by atoms with Gasteiger partial charge in [-0.15, -0.1) is 13.2 Å². The van der Waals surface area contributed by atoms with Crippen LogP contribution in [-0.2, 0) is 0 Å². The minimum absolute atomic E-state index is 0.00152. The van der Waals surface area contributed by atoms with Gasteiger partial charge in [-0.25, -0.2) is 0 Å². The van der Waals surface area contributed by atoms with Crippen molar-refractivity contribution in [2.45, 2.75) is 6.36 Å². The molecule has 1 amide bonds. The molecule has 1 aromatic heterocycles. The van der Waals surface area contributed by atoms with Crippen LogP contribution in [0.25, 0.3) is 11.0 Å². The van der Waals surface area contributed by atoms with Crippen molar-refractivity contribution >= 4 is 22.6 Å². The number of carbonyl (C=O) groups is 1. The number of rotatable bonds is 4. The fourth-order valence-corrected chi connectivity index (χ4v) is 2.27. The molecule has 0 aliphatic heterocycles. The highest BCUT2D eigenvalue weighted by molar-refractivity contribution is 6.05. The summed E-state index contributed by atoms with van der Waals surface area (Å²) in [6.45, 7) is 0. The van der Waals surface area contributed by atoms with E-state index in [1.807, 2.05) is 0 Å². The van der Waals surface area contributed by atoms with E-state index in [0.29, 0.717) is 16.7 Å². The summed E-state index contributed by atoms with van der Waals surface area (Å²) >= 11 is 0. The predicted molar refractivity (Wildman–Crippen MR) is 83.8 cm³/mol. The molecule has 0 spiro atoms. The highest BCUT2D eigenvalue weighted by atomic mass is 19.4. The second-order valence-electron chi connectivity index (χ2n) is 5.02. The number of carbonyl (C=O) groups excluding carboxylic acids is 1. The lowest BCUT2D eigenvalue weighted by Crippen LogP contribution is -2.17. The third-order valence-electron chi connectivity index (χ3n) is 3.28. The van der Waals surface area contributed by atoms with E-state index in [2.05, 4.69) is 10.1 Å². The molecule has 3 rings (SSSR count). The number of ether oxygens (including phenoxy) is 2. The van der Waals surface area contributed by atoms with Gasteiger partial charge in [-0.1, -0.05) is 18.2 Å². The third kappa shape index (κ3) is 3.85. The standard InChI is InChI=1S/C17H12F3NO4/c1-23-13-7-2-4-10-8-14(24-15(10)13)16(22)21-11-5-3-6-12(9-11)25-17(18,19)20/h2-9H,1H3,(H,21,22). The molecule has 130 valence electrons. The molecule has 0 fully saturated rings. The molecule has 1 N–H and O–H groups in total. The van der Waals surface area contributed by atoms with E-state index in [9.17, 15) is 18.0 Å². The van der Waals surface area contributed by atoms with Crippen LogP contribution in [0.15, 0.2) is 52.9 Å². The maximum Gasteiger partial charge on any atom is 0.573 e. The summed E-state index contributed by atoms with van der Waals surface area (Å²) in [5.41, 5.74) is 0.545. The van der Waals surface area contributed by atoms with E-state index in [1.54, 1.807) is 18.2 Å². The quantitative estimate of drug-likeness (QED) is 0.747. The molecular formula is C17H12F3NO4. The van der Waals surface area contributed by atoms with E-state index in [0.717, 1.165) is 12.1 Å². The lowest BCUT2D eigenvalue weighted by Gasteiger charge is -2.10. The van der Waals surface area contributed by atoms with Gasteiger partial charge in [0, 0.05) is 17.1 Å². The third-order valence-corrected chi connectivity index (χ3v) is 3.28. The zero-order valence-corrected chi connectivity index (χ0v) is 12.9. The van der Waals surface area contributed by atoms with Crippen LogP contribution in [-0.4, -0.2) is 19.4 Å². The number of fused-ring (bicyclic) bond motifs is 1. The second-order valence-corrected chi connectivity index (χ2v) is 5.02. The highest BCUT2D eigenvalue weighted by Crippen LogP contribution is 2.29. The first kappa shape index (κ1) is 16.7. The SMILES string of the molecule is COc1cccc2cc(C(=O)Nc3cccc(OC(F)(F)F)c3)oc12. The van der Waals surface area contributed by atoms with E-state index >= 15 is 0 Å². The van der Waals surface area contributed by atoms with E-state index in [4.69, 9.17) is 9.15 Å². The van der Waals surface area contributed by atoms with Crippen molar-refractivity contribution in [2.75, 3.05) is 12.4 Å². The Bertz CT molecular complexity index is 918. The molecule has 0 bridgehead atoms. The summed E-state index contributed by atoms with van der Waals surface area (Å²) in [6, 6.07) is 11.7. The smallest absolute Gasteiger partial charge is 0.493 e. The Morgan fingerprint density at radius 2 is 1.88 bits per heavy atom. The van der Waals surface area contributed by atoms with E-state index in [1.165, 1.54) is 25.3 Å². The van der Waals surface area contributed by atoms with Crippen molar-refractivity contribution in [3.63, 3.8) is 0 Å². The van der Waals surface area contributed by atoms with Gasteiger partial charge < -0.3 is 19.2 Å². The van der Waals surface area contributed by atoms with Gasteiger partial charge >= 0.3 is 6.36 Å². The van der Waals surface area contributed by atoms with Crippen molar-refractivity contribution in [1.82, 2.24) is 0 Å². The summed E-state index contributed by atoms with van der Waals surface area (Å²) in [4.78, 5) is 12.3. The van der Waals surface area contributed by atoms with Crippen molar-refractivity contribution in [1.29, 1.82) is 0 Å². The Hall–Kier alpha value is -3.16. The summed E-state index contributed by atoms with van der Waals surface area (Å²) in [6.07, 6.45) is -4.81. The molecule has 0 atom stereocenters. The van der Waals surface area contributed by atoms with Gasteiger partial charge in [0.1, 0.15) is 5.75 Å². The van der Waals surface area contributed by atoms with Crippen LogP contribution >= 0.6 is 0 Å². The molecule has 0 saturated carbocycles. The number of halogens is 3. The average molecular weight is 351 g/mol. The Kier molecular flexibility index (Phi) is 4.26. The number of para-hydroxylation sites is 1. The van der Waals surface area contributed by atoms with Crippen molar-refractivity contribution < 1.29 is 31.9 Å².